The van der Waals surface area contributed by atoms with Crippen molar-refractivity contribution in [2.45, 2.75) is 38.0 Å². The van der Waals surface area contributed by atoms with Crippen molar-refractivity contribution in [2.24, 2.45) is 10.2 Å². The number of carbonyl (C=O) groups is 1. The number of hydrogen-bond donors (Lipinski definition) is 0. The molecule has 0 spiro atoms. The molecule has 2 rings (SSSR count). The lowest BCUT2D eigenvalue weighted by atomic mass is 9.80. The molecule has 18 heavy (non-hydrogen) atoms. The van der Waals surface area contributed by atoms with E-state index in [1.807, 2.05) is 18.2 Å². The van der Waals surface area contributed by atoms with Crippen molar-refractivity contribution in [1.82, 2.24) is 4.98 Å². The Bertz CT molecular complexity index is 467. The van der Waals surface area contributed by atoms with Crippen molar-refractivity contribution < 1.29 is 4.79 Å². The Balaban J connectivity index is 2.24. The number of rotatable bonds is 6. The van der Waals surface area contributed by atoms with Crippen molar-refractivity contribution in [1.29, 1.82) is 0 Å². The molecule has 0 N–H and O–H groups in total. The first-order chi connectivity index (χ1) is 8.83. The van der Waals surface area contributed by atoms with E-state index in [1.165, 1.54) is 0 Å². The molecular formula is C14H17N3O. The molecule has 0 saturated heterocycles. The van der Waals surface area contributed by atoms with E-state index in [-0.39, 0.29) is 0 Å². The molecule has 0 amide bonds. The fourth-order valence-electron chi connectivity index (χ4n) is 2.13. The van der Waals surface area contributed by atoms with E-state index < -0.39 is 5.41 Å². The largest absolute Gasteiger partial charge is 0.301 e. The highest BCUT2D eigenvalue weighted by atomic mass is 16.1. The van der Waals surface area contributed by atoms with E-state index in [0.717, 1.165) is 37.7 Å². The van der Waals surface area contributed by atoms with Crippen LogP contribution in [0.15, 0.2) is 34.6 Å². The summed E-state index contributed by atoms with van der Waals surface area (Å²) >= 11 is 0. The maximum atomic E-state index is 11.6. The van der Waals surface area contributed by atoms with Crippen LogP contribution in [0, 0.1) is 0 Å². The molecule has 0 aromatic carbocycles. The number of unbranched alkanes of at least 4 members (excludes halogenated alkanes) is 2. The number of aromatic nitrogens is 1. The van der Waals surface area contributed by atoms with Gasteiger partial charge < -0.3 is 4.79 Å². The van der Waals surface area contributed by atoms with E-state index in [2.05, 4.69) is 22.1 Å². The number of hydrogen-bond acceptors (Lipinski definition) is 4. The van der Waals surface area contributed by atoms with Crippen LogP contribution in [0.25, 0.3) is 0 Å². The molecule has 1 atom stereocenters. The summed E-state index contributed by atoms with van der Waals surface area (Å²) in [6.45, 7) is 2.15. The second kappa shape index (κ2) is 5.67. The average molecular weight is 243 g/mol. The van der Waals surface area contributed by atoms with E-state index >= 15 is 0 Å². The summed E-state index contributed by atoms with van der Waals surface area (Å²) in [5.74, 6) is 0. The minimum atomic E-state index is -0.838. The third-order valence-corrected chi connectivity index (χ3v) is 3.21. The van der Waals surface area contributed by atoms with Crippen LogP contribution in [0.3, 0.4) is 0 Å². The van der Waals surface area contributed by atoms with Gasteiger partial charge in [-0.05, 0) is 25.0 Å². The van der Waals surface area contributed by atoms with Crippen LogP contribution >= 0.6 is 0 Å². The molecule has 4 heteroatoms. The fourth-order valence-corrected chi connectivity index (χ4v) is 2.13. The first-order valence-corrected chi connectivity index (χ1v) is 6.33. The zero-order valence-corrected chi connectivity index (χ0v) is 10.5. The topological polar surface area (TPSA) is 54.7 Å². The quantitative estimate of drug-likeness (QED) is 0.569. The van der Waals surface area contributed by atoms with Gasteiger partial charge >= 0.3 is 0 Å². The molecule has 1 aromatic rings. The molecule has 0 aliphatic carbocycles. The van der Waals surface area contributed by atoms with Crippen LogP contribution in [-0.2, 0) is 10.2 Å². The highest BCUT2D eigenvalue weighted by molar-refractivity contribution is 6.22. The van der Waals surface area contributed by atoms with Gasteiger partial charge in [0.1, 0.15) is 11.7 Å². The van der Waals surface area contributed by atoms with Crippen LogP contribution in [0.2, 0.25) is 0 Å². The molecule has 4 nitrogen and oxygen atoms in total. The van der Waals surface area contributed by atoms with Gasteiger partial charge in [-0.3, -0.25) is 4.98 Å². The molecule has 1 unspecified atom stereocenters. The Kier molecular flexibility index (Phi) is 3.97. The Morgan fingerprint density at radius 1 is 1.33 bits per heavy atom. The van der Waals surface area contributed by atoms with Crippen LogP contribution in [0.5, 0.6) is 0 Å². The summed E-state index contributed by atoms with van der Waals surface area (Å²) in [5.41, 5.74) is 0.677. The van der Waals surface area contributed by atoms with E-state index in [9.17, 15) is 4.79 Å². The smallest absolute Gasteiger partial charge is 0.144 e. The first kappa shape index (κ1) is 12.6. The first-order valence-electron chi connectivity index (χ1n) is 6.33. The lowest BCUT2D eigenvalue weighted by Gasteiger charge is -2.20. The van der Waals surface area contributed by atoms with E-state index in [0.29, 0.717) is 5.69 Å². The minimum absolute atomic E-state index is 0.705. The molecule has 0 saturated carbocycles. The molecular weight excluding hydrogens is 226 g/mol. The summed E-state index contributed by atoms with van der Waals surface area (Å²) in [6.07, 6.45) is 8.29. The van der Waals surface area contributed by atoms with E-state index in [1.54, 1.807) is 12.4 Å². The zero-order chi connectivity index (χ0) is 12.8. The molecule has 0 radical (unpaired) electrons. The van der Waals surface area contributed by atoms with Crippen LogP contribution in [0.1, 0.15) is 38.3 Å². The Morgan fingerprint density at radius 3 is 2.89 bits per heavy atom. The average Bonchev–Trinajstić information content (AvgIpc) is 2.84. The molecule has 1 aliphatic heterocycles. The van der Waals surface area contributed by atoms with Crippen molar-refractivity contribution in [3.05, 3.63) is 30.1 Å². The number of aldehydes is 1. The summed E-state index contributed by atoms with van der Waals surface area (Å²) < 4.78 is 0. The molecule has 0 bridgehead atoms. The van der Waals surface area contributed by atoms with Gasteiger partial charge in [-0.2, -0.15) is 10.2 Å². The van der Waals surface area contributed by atoms with Gasteiger partial charge in [0.05, 0.1) is 17.6 Å². The van der Waals surface area contributed by atoms with Crippen LogP contribution in [-0.4, -0.2) is 23.2 Å². The third-order valence-electron chi connectivity index (χ3n) is 3.21. The summed E-state index contributed by atoms with van der Waals surface area (Å²) in [5, 5.41) is 8.06. The Labute approximate surface area is 107 Å². The molecule has 2 heterocycles. The zero-order valence-electron chi connectivity index (χ0n) is 10.5. The summed E-state index contributed by atoms with van der Waals surface area (Å²) in [7, 11) is 0. The summed E-state index contributed by atoms with van der Waals surface area (Å²) in [6, 6.07) is 5.56. The van der Waals surface area contributed by atoms with Crippen molar-refractivity contribution >= 4 is 18.2 Å². The predicted octanol–water partition coefficient (Wildman–Crippen LogP) is 2.54. The Hall–Kier alpha value is -1.84. The SMILES string of the molecule is CCCCCC1=NN=CC1(C=O)c1ccccn1. The van der Waals surface area contributed by atoms with Gasteiger partial charge in [0.15, 0.2) is 0 Å². The van der Waals surface area contributed by atoms with Crippen molar-refractivity contribution in [3.8, 4) is 0 Å². The van der Waals surface area contributed by atoms with Gasteiger partial charge in [0.25, 0.3) is 0 Å². The van der Waals surface area contributed by atoms with Crippen LogP contribution < -0.4 is 0 Å². The van der Waals surface area contributed by atoms with Crippen molar-refractivity contribution in [3.63, 3.8) is 0 Å². The molecule has 1 aromatic heterocycles. The summed E-state index contributed by atoms with van der Waals surface area (Å²) in [4.78, 5) is 15.8. The van der Waals surface area contributed by atoms with Gasteiger partial charge in [0, 0.05) is 6.20 Å². The minimum Gasteiger partial charge on any atom is -0.301 e. The fraction of sp³-hybridized carbons (Fsp3) is 0.429. The monoisotopic (exact) mass is 243 g/mol. The number of nitrogens with zero attached hydrogens (tertiary/aromatic N) is 3. The standard InChI is InChI=1S/C14H17N3O/c1-2-3-4-8-13-14(11-18,10-16-17-13)12-7-5-6-9-15-12/h5-7,9-11H,2-4,8H2,1H3. The van der Waals surface area contributed by atoms with Crippen molar-refractivity contribution in [2.75, 3.05) is 0 Å². The predicted molar refractivity (Wildman–Crippen MR) is 72.0 cm³/mol. The molecule has 94 valence electrons. The van der Waals surface area contributed by atoms with Gasteiger partial charge in [-0.1, -0.05) is 25.8 Å². The lowest BCUT2D eigenvalue weighted by Crippen LogP contribution is -2.37. The number of carbonyl (C=O) groups excluding carboxylic acids is 1. The Morgan fingerprint density at radius 2 is 2.22 bits per heavy atom. The maximum absolute atomic E-state index is 11.6. The number of pyridine rings is 1. The highest BCUT2D eigenvalue weighted by Gasteiger charge is 2.40. The van der Waals surface area contributed by atoms with Gasteiger partial charge in [-0.25, -0.2) is 0 Å². The van der Waals surface area contributed by atoms with Gasteiger partial charge in [-0.15, -0.1) is 0 Å². The second-order valence-electron chi connectivity index (χ2n) is 4.45. The third kappa shape index (κ3) is 2.23. The second-order valence-corrected chi connectivity index (χ2v) is 4.45. The highest BCUT2D eigenvalue weighted by Crippen LogP contribution is 2.27. The van der Waals surface area contributed by atoms with E-state index in [4.69, 9.17) is 0 Å². The lowest BCUT2D eigenvalue weighted by molar-refractivity contribution is -0.109. The van der Waals surface area contributed by atoms with Crippen LogP contribution in [0.4, 0.5) is 0 Å². The van der Waals surface area contributed by atoms with Gasteiger partial charge in [0.2, 0.25) is 0 Å². The maximum Gasteiger partial charge on any atom is 0.144 e. The molecule has 0 fully saturated rings. The normalized spacial score (nSPS) is 21.9. The molecule has 1 aliphatic rings.